The smallest absolute Gasteiger partial charge is 0.409 e. The first-order valence-electron chi connectivity index (χ1n) is 5.31. The lowest BCUT2D eigenvalue weighted by atomic mass is 10.1. The number of carbonyl (C=O) groups excluding carboxylic acids is 1. The van der Waals surface area contributed by atoms with Crippen molar-refractivity contribution in [2.75, 3.05) is 26.0 Å². The van der Waals surface area contributed by atoms with Gasteiger partial charge in [0.2, 0.25) is 10.0 Å². The highest BCUT2D eigenvalue weighted by Gasteiger charge is 2.24. The highest BCUT2D eigenvalue weighted by molar-refractivity contribution is 7.88. The number of ether oxygens (including phenoxy) is 1. The summed E-state index contributed by atoms with van der Waals surface area (Å²) in [5.41, 5.74) is 0. The van der Waals surface area contributed by atoms with Crippen molar-refractivity contribution in [2.24, 2.45) is 0 Å². The number of carbonyl (C=O) groups is 1. The fraction of sp³-hybridized carbons (Fsp3) is 0.889. The Labute approximate surface area is 96.0 Å². The zero-order valence-electron chi connectivity index (χ0n) is 9.60. The molecule has 6 nitrogen and oxygen atoms in total. The lowest BCUT2D eigenvalue weighted by Gasteiger charge is -2.31. The number of likely N-dealkylation sites (tertiary alicyclic amines) is 1. The van der Waals surface area contributed by atoms with Crippen LogP contribution in [0.3, 0.4) is 0 Å². The van der Waals surface area contributed by atoms with Crippen LogP contribution in [0.5, 0.6) is 0 Å². The van der Waals surface area contributed by atoms with Gasteiger partial charge in [-0.1, -0.05) is 0 Å². The van der Waals surface area contributed by atoms with Crippen LogP contribution in [0.25, 0.3) is 0 Å². The Bertz CT molecular complexity index is 333. The van der Waals surface area contributed by atoms with Gasteiger partial charge in [0.1, 0.15) is 0 Å². The molecular weight excluding hydrogens is 232 g/mol. The molecule has 0 bridgehead atoms. The number of nitrogens with one attached hydrogen (secondary N) is 1. The number of sulfonamides is 1. The molecule has 0 aromatic rings. The molecule has 1 aliphatic heterocycles. The minimum absolute atomic E-state index is 0.0688. The van der Waals surface area contributed by atoms with E-state index in [4.69, 9.17) is 4.74 Å². The Morgan fingerprint density at radius 1 is 1.44 bits per heavy atom. The third-order valence-corrected chi connectivity index (χ3v) is 3.16. The van der Waals surface area contributed by atoms with Crippen LogP contribution in [0.2, 0.25) is 0 Å². The first-order valence-corrected chi connectivity index (χ1v) is 7.20. The largest absolute Gasteiger partial charge is 0.450 e. The average Bonchev–Trinajstić information content (AvgIpc) is 2.16. The van der Waals surface area contributed by atoms with E-state index in [9.17, 15) is 13.2 Å². The minimum atomic E-state index is -3.16. The SMILES string of the molecule is CCOC(=O)N1CCC(NS(C)(=O)=O)CC1. The summed E-state index contributed by atoms with van der Waals surface area (Å²) in [7, 11) is -3.16. The summed E-state index contributed by atoms with van der Waals surface area (Å²) in [6.45, 7) is 3.19. The summed E-state index contributed by atoms with van der Waals surface area (Å²) in [4.78, 5) is 13.0. The molecule has 94 valence electrons. The van der Waals surface area contributed by atoms with Gasteiger partial charge in [0.15, 0.2) is 0 Å². The van der Waals surface area contributed by atoms with Crippen LogP contribution in [0.1, 0.15) is 19.8 Å². The molecule has 0 unspecified atom stereocenters. The number of nitrogens with zero attached hydrogens (tertiary/aromatic N) is 1. The van der Waals surface area contributed by atoms with E-state index < -0.39 is 10.0 Å². The Morgan fingerprint density at radius 2 is 2.00 bits per heavy atom. The van der Waals surface area contributed by atoms with E-state index in [1.165, 1.54) is 0 Å². The second-order valence-corrected chi connectivity index (χ2v) is 5.63. The van der Waals surface area contributed by atoms with Gasteiger partial charge >= 0.3 is 6.09 Å². The van der Waals surface area contributed by atoms with Crippen LogP contribution >= 0.6 is 0 Å². The molecule has 0 radical (unpaired) electrons. The first kappa shape index (κ1) is 13.2. The third-order valence-electron chi connectivity index (χ3n) is 2.40. The molecule has 1 aliphatic rings. The van der Waals surface area contributed by atoms with Gasteiger partial charge in [-0.25, -0.2) is 17.9 Å². The van der Waals surface area contributed by atoms with Crippen molar-refractivity contribution < 1.29 is 17.9 Å². The fourth-order valence-corrected chi connectivity index (χ4v) is 2.54. The predicted molar refractivity (Wildman–Crippen MR) is 59.6 cm³/mol. The topological polar surface area (TPSA) is 75.7 Å². The number of piperidine rings is 1. The lowest BCUT2D eigenvalue weighted by Crippen LogP contribution is -2.46. The molecule has 0 aromatic heterocycles. The number of hydrogen-bond acceptors (Lipinski definition) is 4. The molecule has 1 fully saturated rings. The molecule has 7 heteroatoms. The van der Waals surface area contributed by atoms with Crippen LogP contribution < -0.4 is 4.72 Å². The molecule has 0 spiro atoms. The van der Waals surface area contributed by atoms with Crippen LogP contribution in [0.15, 0.2) is 0 Å². The van der Waals surface area contributed by atoms with E-state index in [0.29, 0.717) is 32.5 Å². The Morgan fingerprint density at radius 3 is 2.44 bits per heavy atom. The van der Waals surface area contributed by atoms with Gasteiger partial charge in [-0.05, 0) is 19.8 Å². The lowest BCUT2D eigenvalue weighted by molar-refractivity contribution is 0.0966. The molecule has 0 aromatic carbocycles. The van der Waals surface area contributed by atoms with Crippen LogP contribution in [-0.2, 0) is 14.8 Å². The second kappa shape index (κ2) is 5.49. The quantitative estimate of drug-likeness (QED) is 0.774. The van der Waals surface area contributed by atoms with Crippen molar-refractivity contribution in [1.82, 2.24) is 9.62 Å². The van der Waals surface area contributed by atoms with E-state index in [2.05, 4.69) is 4.72 Å². The summed E-state index contributed by atoms with van der Waals surface area (Å²) in [6.07, 6.45) is 2.09. The fourth-order valence-electron chi connectivity index (χ4n) is 1.70. The van der Waals surface area contributed by atoms with Gasteiger partial charge in [0.25, 0.3) is 0 Å². The molecule has 0 aliphatic carbocycles. The molecule has 1 saturated heterocycles. The van der Waals surface area contributed by atoms with E-state index in [1.807, 2.05) is 0 Å². The van der Waals surface area contributed by atoms with Crippen molar-refractivity contribution in [3.8, 4) is 0 Å². The number of amides is 1. The standard InChI is InChI=1S/C9H18N2O4S/c1-3-15-9(12)11-6-4-8(5-7-11)10-16(2,13)14/h8,10H,3-7H2,1-2H3. The molecule has 16 heavy (non-hydrogen) atoms. The zero-order valence-corrected chi connectivity index (χ0v) is 10.4. The first-order chi connectivity index (χ1) is 7.42. The monoisotopic (exact) mass is 250 g/mol. The minimum Gasteiger partial charge on any atom is -0.450 e. The highest BCUT2D eigenvalue weighted by Crippen LogP contribution is 2.11. The summed E-state index contributed by atoms with van der Waals surface area (Å²) in [5, 5.41) is 0. The Hall–Kier alpha value is -0.820. The summed E-state index contributed by atoms with van der Waals surface area (Å²) in [5.74, 6) is 0. The van der Waals surface area contributed by atoms with Crippen molar-refractivity contribution >= 4 is 16.1 Å². The maximum absolute atomic E-state index is 11.4. The Kier molecular flexibility index (Phi) is 4.55. The van der Waals surface area contributed by atoms with E-state index in [-0.39, 0.29) is 12.1 Å². The van der Waals surface area contributed by atoms with E-state index >= 15 is 0 Å². The van der Waals surface area contributed by atoms with Gasteiger partial charge in [0, 0.05) is 19.1 Å². The normalized spacial score (nSPS) is 18.5. The maximum Gasteiger partial charge on any atom is 0.409 e. The van der Waals surface area contributed by atoms with Gasteiger partial charge in [0.05, 0.1) is 12.9 Å². The van der Waals surface area contributed by atoms with Crippen LogP contribution in [0, 0.1) is 0 Å². The van der Waals surface area contributed by atoms with Crippen molar-refractivity contribution in [2.45, 2.75) is 25.8 Å². The second-order valence-electron chi connectivity index (χ2n) is 3.85. The van der Waals surface area contributed by atoms with E-state index in [1.54, 1.807) is 11.8 Å². The van der Waals surface area contributed by atoms with Crippen LogP contribution in [0.4, 0.5) is 4.79 Å². The number of rotatable bonds is 3. The molecule has 0 saturated carbocycles. The van der Waals surface area contributed by atoms with Crippen molar-refractivity contribution in [3.05, 3.63) is 0 Å². The Balaban J connectivity index is 2.37. The van der Waals surface area contributed by atoms with Crippen molar-refractivity contribution in [3.63, 3.8) is 0 Å². The predicted octanol–water partition coefficient (Wildman–Crippen LogP) is 0.157. The molecular formula is C9H18N2O4S. The maximum atomic E-state index is 11.4. The van der Waals surface area contributed by atoms with Crippen LogP contribution in [-0.4, -0.2) is 51.4 Å². The van der Waals surface area contributed by atoms with Gasteiger partial charge in [-0.2, -0.15) is 0 Å². The number of hydrogen-bond donors (Lipinski definition) is 1. The highest BCUT2D eigenvalue weighted by atomic mass is 32.2. The zero-order chi connectivity index (χ0) is 12.2. The molecule has 1 heterocycles. The summed E-state index contributed by atoms with van der Waals surface area (Å²) >= 11 is 0. The van der Waals surface area contributed by atoms with Gasteiger partial charge in [-0.15, -0.1) is 0 Å². The molecule has 1 N–H and O–H groups in total. The average molecular weight is 250 g/mol. The van der Waals surface area contributed by atoms with E-state index in [0.717, 1.165) is 6.26 Å². The molecule has 1 amide bonds. The third kappa shape index (κ3) is 4.36. The van der Waals surface area contributed by atoms with Crippen molar-refractivity contribution in [1.29, 1.82) is 0 Å². The summed E-state index contributed by atoms with van der Waals surface area (Å²) in [6, 6.07) is -0.0688. The van der Waals surface area contributed by atoms with Gasteiger partial charge < -0.3 is 9.64 Å². The molecule has 1 rings (SSSR count). The summed E-state index contributed by atoms with van der Waals surface area (Å²) < 4.78 is 29.4. The molecule has 0 atom stereocenters. The van der Waals surface area contributed by atoms with Gasteiger partial charge in [-0.3, -0.25) is 0 Å².